The van der Waals surface area contributed by atoms with Crippen molar-refractivity contribution >= 4 is 17.3 Å². The maximum Gasteiger partial charge on any atom is 0.306 e. The Bertz CT molecular complexity index is 394. The molecule has 1 atom stereocenters. The third-order valence-corrected chi connectivity index (χ3v) is 4.77. The van der Waals surface area contributed by atoms with Crippen molar-refractivity contribution in [2.75, 3.05) is 13.1 Å². The van der Waals surface area contributed by atoms with Crippen LogP contribution < -0.4 is 0 Å². The second kappa shape index (κ2) is 5.19. The summed E-state index contributed by atoms with van der Waals surface area (Å²) in [5.41, 5.74) is 0. The summed E-state index contributed by atoms with van der Waals surface area (Å²) in [6.45, 7) is 6.13. The molecule has 0 saturated carbocycles. The fourth-order valence-electron chi connectivity index (χ4n) is 2.39. The molecule has 3 nitrogen and oxygen atoms in total. The summed E-state index contributed by atoms with van der Waals surface area (Å²) in [7, 11) is 0. The number of hydrogen-bond acceptors (Lipinski definition) is 3. The van der Waals surface area contributed by atoms with Crippen molar-refractivity contribution in [3.05, 3.63) is 21.9 Å². The molecule has 0 aliphatic carbocycles. The predicted octanol–water partition coefficient (Wildman–Crippen LogP) is 2.91. The van der Waals surface area contributed by atoms with Crippen molar-refractivity contribution < 1.29 is 9.90 Å². The van der Waals surface area contributed by atoms with Gasteiger partial charge in [-0.2, -0.15) is 0 Å². The fraction of sp³-hybridized carbons (Fsp3) is 0.615. The largest absolute Gasteiger partial charge is 0.481 e. The third kappa shape index (κ3) is 2.87. The molecule has 1 unspecified atom stereocenters. The van der Waals surface area contributed by atoms with E-state index in [0.717, 1.165) is 25.9 Å². The second-order valence-electron chi connectivity index (χ2n) is 4.77. The van der Waals surface area contributed by atoms with Crippen LogP contribution in [0.5, 0.6) is 0 Å². The van der Waals surface area contributed by atoms with Crippen LogP contribution in [0.2, 0.25) is 0 Å². The van der Waals surface area contributed by atoms with Gasteiger partial charge >= 0.3 is 5.97 Å². The number of aryl methyl sites for hydroxylation is 1. The monoisotopic (exact) mass is 253 g/mol. The van der Waals surface area contributed by atoms with Crippen LogP contribution in [0.3, 0.4) is 0 Å². The van der Waals surface area contributed by atoms with E-state index >= 15 is 0 Å². The lowest BCUT2D eigenvalue weighted by Crippen LogP contribution is -2.37. The molecular weight excluding hydrogens is 234 g/mol. The van der Waals surface area contributed by atoms with E-state index in [1.54, 1.807) is 0 Å². The van der Waals surface area contributed by atoms with E-state index < -0.39 is 5.97 Å². The van der Waals surface area contributed by atoms with Gasteiger partial charge in [-0.15, -0.1) is 11.3 Å². The molecule has 1 aliphatic rings. The van der Waals surface area contributed by atoms with Crippen LogP contribution in [0.4, 0.5) is 0 Å². The van der Waals surface area contributed by atoms with E-state index in [4.69, 9.17) is 5.11 Å². The summed E-state index contributed by atoms with van der Waals surface area (Å²) in [5.74, 6) is -0.771. The van der Waals surface area contributed by atoms with Crippen LogP contribution >= 0.6 is 11.3 Å². The minimum atomic E-state index is -0.635. The quantitative estimate of drug-likeness (QED) is 0.900. The van der Waals surface area contributed by atoms with Crippen LogP contribution in [-0.2, 0) is 4.79 Å². The summed E-state index contributed by atoms with van der Waals surface area (Å²) < 4.78 is 0. The van der Waals surface area contributed by atoms with E-state index in [2.05, 4.69) is 30.9 Å². The molecule has 0 aromatic carbocycles. The number of carboxylic acids is 1. The normalized spacial score (nSPS) is 20.4. The number of rotatable bonds is 3. The molecule has 0 radical (unpaired) electrons. The van der Waals surface area contributed by atoms with E-state index in [1.165, 1.54) is 9.75 Å². The van der Waals surface area contributed by atoms with Crippen molar-refractivity contribution in [3.63, 3.8) is 0 Å². The molecule has 0 spiro atoms. The maximum absolute atomic E-state index is 10.9. The van der Waals surface area contributed by atoms with Gasteiger partial charge in [0.2, 0.25) is 0 Å². The Kier molecular flexibility index (Phi) is 3.84. The zero-order valence-electron chi connectivity index (χ0n) is 10.3. The highest BCUT2D eigenvalue weighted by atomic mass is 32.1. The zero-order valence-corrected chi connectivity index (χ0v) is 11.2. The van der Waals surface area contributed by atoms with Gasteiger partial charge in [-0.25, -0.2) is 0 Å². The lowest BCUT2D eigenvalue weighted by Gasteiger charge is -2.34. The minimum absolute atomic E-state index is 0.136. The third-order valence-electron chi connectivity index (χ3n) is 3.60. The van der Waals surface area contributed by atoms with Crippen LogP contribution in [0.25, 0.3) is 0 Å². The van der Waals surface area contributed by atoms with Crippen LogP contribution in [0.15, 0.2) is 12.1 Å². The van der Waals surface area contributed by atoms with Crippen molar-refractivity contribution in [2.45, 2.75) is 32.7 Å². The SMILES string of the molecule is Cc1ccc(C(C)N2CCC(C(=O)O)CC2)s1. The summed E-state index contributed by atoms with van der Waals surface area (Å²) in [6, 6.07) is 4.76. The number of carbonyl (C=O) groups is 1. The molecular formula is C13H19NO2S. The molecule has 4 heteroatoms. The van der Waals surface area contributed by atoms with Crippen LogP contribution in [0, 0.1) is 12.8 Å². The molecule has 94 valence electrons. The van der Waals surface area contributed by atoms with Crippen molar-refractivity contribution in [1.82, 2.24) is 4.90 Å². The van der Waals surface area contributed by atoms with E-state index in [0.29, 0.717) is 6.04 Å². The van der Waals surface area contributed by atoms with E-state index in [1.807, 2.05) is 11.3 Å². The van der Waals surface area contributed by atoms with Gasteiger partial charge in [0.15, 0.2) is 0 Å². The van der Waals surface area contributed by atoms with Crippen LogP contribution in [0.1, 0.15) is 35.6 Å². The average Bonchev–Trinajstić information content (AvgIpc) is 2.75. The van der Waals surface area contributed by atoms with Gasteiger partial charge in [0.1, 0.15) is 0 Å². The Balaban J connectivity index is 1.94. The number of nitrogens with zero attached hydrogens (tertiary/aromatic N) is 1. The number of aliphatic carboxylic acids is 1. The highest BCUT2D eigenvalue weighted by Crippen LogP contribution is 2.30. The second-order valence-corrected chi connectivity index (χ2v) is 6.09. The highest BCUT2D eigenvalue weighted by Gasteiger charge is 2.27. The molecule has 1 aromatic heterocycles. The fourth-order valence-corrected chi connectivity index (χ4v) is 3.36. The molecule has 1 aromatic rings. The predicted molar refractivity (Wildman–Crippen MR) is 69.4 cm³/mol. The molecule has 0 bridgehead atoms. The Morgan fingerprint density at radius 2 is 2.12 bits per heavy atom. The van der Waals surface area contributed by atoms with Crippen LogP contribution in [-0.4, -0.2) is 29.1 Å². The molecule has 2 rings (SSSR count). The van der Waals surface area contributed by atoms with Gasteiger partial charge in [-0.3, -0.25) is 9.69 Å². The molecule has 0 amide bonds. The molecule has 1 N–H and O–H groups in total. The number of piperidine rings is 1. The van der Waals surface area contributed by atoms with Crippen molar-refractivity contribution in [1.29, 1.82) is 0 Å². The van der Waals surface area contributed by atoms with Crippen molar-refractivity contribution in [2.24, 2.45) is 5.92 Å². The Hall–Kier alpha value is -0.870. The number of thiophene rings is 1. The number of hydrogen-bond donors (Lipinski definition) is 1. The van der Waals surface area contributed by atoms with Gasteiger partial charge in [0, 0.05) is 15.8 Å². The van der Waals surface area contributed by atoms with Gasteiger partial charge in [-0.1, -0.05) is 0 Å². The minimum Gasteiger partial charge on any atom is -0.481 e. The molecule has 1 aliphatic heterocycles. The molecule has 1 saturated heterocycles. The first-order chi connectivity index (χ1) is 8.08. The Morgan fingerprint density at radius 1 is 1.47 bits per heavy atom. The number of likely N-dealkylation sites (tertiary alicyclic amines) is 1. The van der Waals surface area contributed by atoms with Gasteiger partial charge in [-0.05, 0) is 51.9 Å². The van der Waals surface area contributed by atoms with E-state index in [-0.39, 0.29) is 5.92 Å². The lowest BCUT2D eigenvalue weighted by atomic mass is 9.96. The first-order valence-corrected chi connectivity index (χ1v) is 6.93. The van der Waals surface area contributed by atoms with Crippen molar-refractivity contribution in [3.8, 4) is 0 Å². The first kappa shape index (κ1) is 12.6. The smallest absolute Gasteiger partial charge is 0.306 e. The lowest BCUT2D eigenvalue weighted by molar-refractivity contribution is -0.143. The summed E-state index contributed by atoms with van der Waals surface area (Å²) in [5, 5.41) is 8.97. The molecule has 1 fully saturated rings. The summed E-state index contributed by atoms with van der Waals surface area (Å²) >= 11 is 1.84. The Morgan fingerprint density at radius 3 is 2.59 bits per heavy atom. The van der Waals surface area contributed by atoms with E-state index in [9.17, 15) is 4.79 Å². The van der Waals surface area contributed by atoms with Gasteiger partial charge in [0.05, 0.1) is 5.92 Å². The topological polar surface area (TPSA) is 40.5 Å². The zero-order chi connectivity index (χ0) is 12.4. The standard InChI is InChI=1S/C13H19NO2S/c1-9-3-4-12(17-9)10(2)14-7-5-11(6-8-14)13(15)16/h3-4,10-11H,5-8H2,1-2H3,(H,15,16). The molecule has 2 heterocycles. The first-order valence-electron chi connectivity index (χ1n) is 6.11. The van der Waals surface area contributed by atoms with Gasteiger partial charge in [0.25, 0.3) is 0 Å². The Labute approximate surface area is 106 Å². The van der Waals surface area contributed by atoms with Gasteiger partial charge < -0.3 is 5.11 Å². The number of carboxylic acid groups (broad SMARTS) is 1. The highest BCUT2D eigenvalue weighted by molar-refractivity contribution is 7.12. The summed E-state index contributed by atoms with van der Waals surface area (Å²) in [4.78, 5) is 16.0. The summed E-state index contributed by atoms with van der Waals surface area (Å²) in [6.07, 6.45) is 1.56. The average molecular weight is 253 g/mol. The maximum atomic E-state index is 10.9. The molecule has 17 heavy (non-hydrogen) atoms.